The van der Waals surface area contributed by atoms with Crippen LogP contribution in [0, 0.1) is 0 Å². The normalized spacial score (nSPS) is 12.1. The highest BCUT2D eigenvalue weighted by atomic mass is 16.5. The summed E-state index contributed by atoms with van der Waals surface area (Å²) in [6.07, 6.45) is 5.11. The number of fused-ring (bicyclic) bond motifs is 1. The number of ether oxygens (including phenoxy) is 1. The van der Waals surface area contributed by atoms with Gasteiger partial charge in [0.1, 0.15) is 6.61 Å². The van der Waals surface area contributed by atoms with Gasteiger partial charge in [-0.15, -0.1) is 0 Å². The maximum Gasteiger partial charge on any atom is 0.222 e. The zero-order valence-corrected chi connectivity index (χ0v) is 14.7. The van der Waals surface area contributed by atoms with Crippen molar-refractivity contribution in [2.45, 2.75) is 32.4 Å². The van der Waals surface area contributed by atoms with Gasteiger partial charge in [0, 0.05) is 11.6 Å². The molecule has 0 radical (unpaired) electrons. The number of hydrogen-bond acceptors (Lipinski definition) is 7. The van der Waals surface area contributed by atoms with Crippen molar-refractivity contribution < 1.29 is 9.84 Å². The third-order valence-electron chi connectivity index (χ3n) is 4.04. The second-order valence-electron chi connectivity index (χ2n) is 6.07. The third kappa shape index (κ3) is 4.37. The van der Waals surface area contributed by atoms with Crippen LogP contribution in [0.2, 0.25) is 0 Å². The van der Waals surface area contributed by atoms with Crippen molar-refractivity contribution in [2.75, 3.05) is 17.7 Å². The van der Waals surface area contributed by atoms with Crippen LogP contribution >= 0.6 is 0 Å². The summed E-state index contributed by atoms with van der Waals surface area (Å²) in [5.41, 5.74) is 6.50. The highest BCUT2D eigenvalue weighted by Gasteiger charge is 2.13. The van der Waals surface area contributed by atoms with E-state index in [1.165, 1.54) is 6.20 Å². The van der Waals surface area contributed by atoms with Gasteiger partial charge in [-0.3, -0.25) is 4.98 Å². The van der Waals surface area contributed by atoms with Crippen LogP contribution in [-0.2, 0) is 6.61 Å². The van der Waals surface area contributed by atoms with E-state index in [2.05, 4.69) is 27.2 Å². The number of hydrogen-bond donors (Lipinski definition) is 3. The van der Waals surface area contributed by atoms with Gasteiger partial charge in [0.2, 0.25) is 5.95 Å². The zero-order valence-electron chi connectivity index (χ0n) is 14.7. The highest BCUT2D eigenvalue weighted by Crippen LogP contribution is 2.24. The molecule has 0 amide bonds. The second kappa shape index (κ2) is 8.44. The van der Waals surface area contributed by atoms with Crippen molar-refractivity contribution in [2.24, 2.45) is 0 Å². The van der Waals surface area contributed by atoms with Gasteiger partial charge < -0.3 is 20.9 Å². The lowest BCUT2D eigenvalue weighted by atomic mass is 10.1. The number of nitrogen functional groups attached to an aromatic ring is 1. The lowest BCUT2D eigenvalue weighted by molar-refractivity contribution is 0.266. The molecule has 0 fully saturated rings. The first-order chi connectivity index (χ1) is 12.7. The molecule has 1 unspecified atom stereocenters. The SMILES string of the molecule is CCCC(CO)Nc1nc(N)ncc1OCc1cc2ccccc2cn1. The molecule has 3 rings (SSSR count). The van der Waals surface area contributed by atoms with E-state index in [1.807, 2.05) is 36.5 Å². The number of aliphatic hydroxyl groups is 1. The summed E-state index contributed by atoms with van der Waals surface area (Å²) in [5.74, 6) is 1.10. The van der Waals surface area contributed by atoms with E-state index in [0.717, 1.165) is 29.3 Å². The van der Waals surface area contributed by atoms with E-state index in [0.29, 0.717) is 11.6 Å². The molecule has 0 saturated carbocycles. The molecule has 1 aromatic carbocycles. The molecule has 0 bridgehead atoms. The van der Waals surface area contributed by atoms with Gasteiger partial charge in [-0.25, -0.2) is 4.98 Å². The number of nitrogens with two attached hydrogens (primary N) is 1. The fraction of sp³-hybridized carbons (Fsp3) is 0.316. The van der Waals surface area contributed by atoms with Crippen LogP contribution in [0.5, 0.6) is 5.75 Å². The van der Waals surface area contributed by atoms with E-state index in [9.17, 15) is 5.11 Å². The molecule has 0 aliphatic rings. The average Bonchev–Trinajstić information content (AvgIpc) is 2.67. The van der Waals surface area contributed by atoms with E-state index in [-0.39, 0.29) is 25.2 Å². The van der Waals surface area contributed by atoms with Crippen molar-refractivity contribution in [1.82, 2.24) is 15.0 Å². The van der Waals surface area contributed by atoms with Gasteiger partial charge in [-0.2, -0.15) is 4.98 Å². The van der Waals surface area contributed by atoms with E-state index in [1.54, 1.807) is 0 Å². The van der Waals surface area contributed by atoms with Crippen LogP contribution in [0.4, 0.5) is 11.8 Å². The molecule has 0 aliphatic heterocycles. The van der Waals surface area contributed by atoms with Crippen LogP contribution in [0.1, 0.15) is 25.5 Å². The van der Waals surface area contributed by atoms with E-state index >= 15 is 0 Å². The van der Waals surface area contributed by atoms with Crippen LogP contribution in [0.3, 0.4) is 0 Å². The molecule has 1 atom stereocenters. The molecule has 26 heavy (non-hydrogen) atoms. The molecule has 136 valence electrons. The Kier molecular flexibility index (Phi) is 5.80. The number of pyridine rings is 1. The van der Waals surface area contributed by atoms with Crippen molar-refractivity contribution in [3.63, 3.8) is 0 Å². The fourth-order valence-electron chi connectivity index (χ4n) is 2.70. The Balaban J connectivity index is 1.75. The molecule has 2 aromatic heterocycles. The van der Waals surface area contributed by atoms with Crippen LogP contribution in [-0.4, -0.2) is 32.7 Å². The summed E-state index contributed by atoms with van der Waals surface area (Å²) in [6, 6.07) is 9.91. The van der Waals surface area contributed by atoms with Crippen molar-refractivity contribution in [3.8, 4) is 5.75 Å². The maximum atomic E-state index is 9.50. The summed E-state index contributed by atoms with van der Waals surface area (Å²) in [7, 11) is 0. The number of nitrogens with zero attached hydrogens (tertiary/aromatic N) is 3. The number of rotatable bonds is 8. The second-order valence-corrected chi connectivity index (χ2v) is 6.07. The molecular weight excluding hydrogens is 330 g/mol. The number of benzene rings is 1. The number of aliphatic hydroxyl groups excluding tert-OH is 1. The average molecular weight is 353 g/mol. The highest BCUT2D eigenvalue weighted by molar-refractivity contribution is 5.81. The molecule has 0 spiro atoms. The Morgan fingerprint density at radius 3 is 2.77 bits per heavy atom. The van der Waals surface area contributed by atoms with Gasteiger partial charge in [0.15, 0.2) is 11.6 Å². The first-order valence-corrected chi connectivity index (χ1v) is 8.66. The summed E-state index contributed by atoms with van der Waals surface area (Å²) >= 11 is 0. The maximum absolute atomic E-state index is 9.50. The first-order valence-electron chi connectivity index (χ1n) is 8.66. The standard InChI is InChI=1S/C19H23N5O2/c1-2-5-15(11-25)23-18-17(10-22-19(20)24-18)26-12-16-8-13-6-3-4-7-14(13)9-21-16/h3-4,6-10,15,25H,2,5,11-12H2,1H3,(H3,20,22,23,24). The predicted molar refractivity (Wildman–Crippen MR) is 102 cm³/mol. The van der Waals surface area contributed by atoms with Gasteiger partial charge in [-0.1, -0.05) is 37.6 Å². The number of nitrogens with one attached hydrogen (secondary N) is 1. The third-order valence-corrected chi connectivity index (χ3v) is 4.04. The molecule has 3 aromatic rings. The number of aromatic nitrogens is 3. The lowest BCUT2D eigenvalue weighted by Gasteiger charge is -2.18. The van der Waals surface area contributed by atoms with E-state index < -0.39 is 0 Å². The van der Waals surface area contributed by atoms with Gasteiger partial charge in [0.05, 0.1) is 24.5 Å². The molecule has 7 heteroatoms. The minimum Gasteiger partial charge on any atom is -0.482 e. The Bertz CT molecular complexity index is 871. The van der Waals surface area contributed by atoms with Gasteiger partial charge >= 0.3 is 0 Å². The zero-order chi connectivity index (χ0) is 18.4. The molecule has 0 saturated heterocycles. The molecule has 0 aliphatic carbocycles. The quantitative estimate of drug-likeness (QED) is 0.571. The van der Waals surface area contributed by atoms with Crippen molar-refractivity contribution in [1.29, 1.82) is 0 Å². The monoisotopic (exact) mass is 353 g/mol. The summed E-state index contributed by atoms with van der Waals surface area (Å²) in [6.45, 7) is 2.34. The smallest absolute Gasteiger partial charge is 0.222 e. The Hall–Kier alpha value is -2.93. The lowest BCUT2D eigenvalue weighted by Crippen LogP contribution is -2.24. The molecule has 7 nitrogen and oxygen atoms in total. The summed E-state index contributed by atoms with van der Waals surface area (Å²) in [4.78, 5) is 12.6. The van der Waals surface area contributed by atoms with Crippen LogP contribution < -0.4 is 15.8 Å². The predicted octanol–water partition coefficient (Wildman–Crippen LogP) is 2.76. The van der Waals surface area contributed by atoms with Crippen molar-refractivity contribution in [3.05, 3.63) is 48.4 Å². The van der Waals surface area contributed by atoms with Gasteiger partial charge in [-0.05, 0) is 17.9 Å². The number of anilines is 2. The Morgan fingerprint density at radius 2 is 2.00 bits per heavy atom. The van der Waals surface area contributed by atoms with Crippen LogP contribution in [0.25, 0.3) is 10.8 Å². The first kappa shape index (κ1) is 17.9. The largest absolute Gasteiger partial charge is 0.482 e. The topological polar surface area (TPSA) is 106 Å². The minimum absolute atomic E-state index is 0.00339. The summed E-state index contributed by atoms with van der Waals surface area (Å²) in [5, 5.41) is 14.9. The minimum atomic E-state index is -0.115. The van der Waals surface area contributed by atoms with E-state index in [4.69, 9.17) is 10.5 Å². The Morgan fingerprint density at radius 1 is 1.19 bits per heavy atom. The molecule has 4 N–H and O–H groups in total. The molecule has 2 heterocycles. The Labute approximate surface area is 152 Å². The van der Waals surface area contributed by atoms with Gasteiger partial charge in [0.25, 0.3) is 0 Å². The van der Waals surface area contributed by atoms with Crippen molar-refractivity contribution >= 4 is 22.5 Å². The fourth-order valence-corrected chi connectivity index (χ4v) is 2.70. The van der Waals surface area contributed by atoms with Crippen LogP contribution in [0.15, 0.2) is 42.7 Å². The summed E-state index contributed by atoms with van der Waals surface area (Å²) < 4.78 is 5.86. The molecular formula is C19H23N5O2.